The minimum absolute atomic E-state index is 0.0695. The van der Waals surface area contributed by atoms with Crippen molar-refractivity contribution in [2.45, 2.75) is 12.2 Å². The Balaban J connectivity index is 1.40. The van der Waals surface area contributed by atoms with E-state index in [9.17, 15) is 9.59 Å². The van der Waals surface area contributed by atoms with E-state index in [0.717, 1.165) is 0 Å². The Kier molecular flexibility index (Phi) is 4.03. The van der Waals surface area contributed by atoms with Crippen molar-refractivity contribution in [2.24, 2.45) is 0 Å². The van der Waals surface area contributed by atoms with E-state index in [1.54, 1.807) is 41.3 Å². The fourth-order valence-corrected chi connectivity index (χ4v) is 3.14. The number of benzene rings is 1. The van der Waals surface area contributed by atoms with Gasteiger partial charge in [-0.1, -0.05) is 0 Å². The second kappa shape index (κ2) is 6.34. The molecule has 1 N–H and O–H groups in total. The molecule has 7 nitrogen and oxygen atoms in total. The third-order valence-corrected chi connectivity index (χ3v) is 4.43. The van der Waals surface area contributed by atoms with Crippen LogP contribution in [0, 0.1) is 0 Å². The molecular weight excluding hydrogens is 324 g/mol. The molecule has 0 saturated carbocycles. The Hall–Kier alpha value is -2.64. The summed E-state index contributed by atoms with van der Waals surface area (Å²) in [6.45, 7) is 2.21. The molecule has 0 radical (unpaired) electrons. The molecule has 4 rings (SSSR count). The molecular formula is C18H18N2O5. The summed E-state index contributed by atoms with van der Waals surface area (Å²) in [6, 6.07) is 10.0. The third-order valence-electron chi connectivity index (χ3n) is 4.43. The summed E-state index contributed by atoms with van der Waals surface area (Å²) in [5.41, 5.74) is 1.16. The smallest absolute Gasteiger partial charge is 0.291 e. The fourth-order valence-electron chi connectivity index (χ4n) is 3.14. The van der Waals surface area contributed by atoms with Crippen molar-refractivity contribution in [3.8, 4) is 0 Å². The largest absolute Gasteiger partial charge is 0.459 e. The summed E-state index contributed by atoms with van der Waals surface area (Å²) in [6.07, 6.45) is 2.13. The zero-order valence-corrected chi connectivity index (χ0v) is 13.6. The van der Waals surface area contributed by atoms with Gasteiger partial charge in [0.05, 0.1) is 26.0 Å². The highest BCUT2D eigenvalue weighted by Gasteiger charge is 2.44. The Morgan fingerprint density at radius 1 is 1.08 bits per heavy atom. The highest BCUT2D eigenvalue weighted by Crippen LogP contribution is 2.31. The molecule has 0 unspecified atom stereocenters. The summed E-state index contributed by atoms with van der Waals surface area (Å²) in [5, 5.41) is 2.72. The Morgan fingerprint density at radius 2 is 1.84 bits per heavy atom. The normalized spacial score (nSPS) is 18.6. The Bertz CT molecular complexity index is 763. The summed E-state index contributed by atoms with van der Waals surface area (Å²) >= 11 is 0. The summed E-state index contributed by atoms with van der Waals surface area (Å²) < 4.78 is 16.3. The van der Waals surface area contributed by atoms with Gasteiger partial charge >= 0.3 is 0 Å². The van der Waals surface area contributed by atoms with Crippen LogP contribution in [0.3, 0.4) is 0 Å². The van der Waals surface area contributed by atoms with Crippen molar-refractivity contribution in [2.75, 3.05) is 31.6 Å². The molecule has 0 atom stereocenters. The summed E-state index contributed by atoms with van der Waals surface area (Å²) in [4.78, 5) is 26.3. The topological polar surface area (TPSA) is 81.0 Å². The van der Waals surface area contributed by atoms with E-state index < -0.39 is 5.79 Å². The molecule has 2 aromatic rings. The molecule has 1 aromatic heterocycles. The van der Waals surface area contributed by atoms with Crippen LogP contribution in [0.25, 0.3) is 0 Å². The number of furan rings is 1. The van der Waals surface area contributed by atoms with Gasteiger partial charge in [0.25, 0.3) is 11.8 Å². The second-order valence-electron chi connectivity index (χ2n) is 6.09. The van der Waals surface area contributed by atoms with E-state index in [0.29, 0.717) is 44.0 Å². The molecule has 2 amide bonds. The van der Waals surface area contributed by atoms with Crippen LogP contribution in [-0.4, -0.2) is 48.8 Å². The van der Waals surface area contributed by atoms with Gasteiger partial charge in [0, 0.05) is 24.2 Å². The Morgan fingerprint density at radius 3 is 2.52 bits per heavy atom. The van der Waals surface area contributed by atoms with Crippen LogP contribution >= 0.6 is 0 Å². The van der Waals surface area contributed by atoms with E-state index in [2.05, 4.69) is 5.32 Å². The van der Waals surface area contributed by atoms with E-state index in [1.807, 2.05) is 0 Å². The van der Waals surface area contributed by atoms with Gasteiger partial charge in [-0.05, 0) is 36.4 Å². The number of likely N-dealkylation sites (tertiary alicyclic amines) is 1. The average Bonchev–Trinajstić information content (AvgIpc) is 3.38. The second-order valence-corrected chi connectivity index (χ2v) is 6.09. The molecule has 1 aromatic carbocycles. The number of amides is 2. The first-order valence-electron chi connectivity index (χ1n) is 8.17. The van der Waals surface area contributed by atoms with Crippen molar-refractivity contribution in [1.82, 2.24) is 4.90 Å². The SMILES string of the molecule is O=C(Nc1ccc(C(=O)N2CCC3(C2)OCCO3)cc1)c1ccco1. The maximum absolute atomic E-state index is 12.6. The monoisotopic (exact) mass is 342 g/mol. The lowest BCUT2D eigenvalue weighted by Crippen LogP contribution is -2.36. The van der Waals surface area contributed by atoms with Gasteiger partial charge < -0.3 is 24.1 Å². The number of carbonyl (C=O) groups excluding carboxylic acids is 2. The first kappa shape index (κ1) is 15.9. The lowest BCUT2D eigenvalue weighted by atomic mass is 10.2. The van der Waals surface area contributed by atoms with Crippen molar-refractivity contribution in [3.05, 3.63) is 54.0 Å². The van der Waals surface area contributed by atoms with Crippen molar-refractivity contribution < 1.29 is 23.5 Å². The first-order chi connectivity index (χ1) is 12.2. The highest BCUT2D eigenvalue weighted by atomic mass is 16.7. The van der Waals surface area contributed by atoms with Gasteiger partial charge in [-0.25, -0.2) is 0 Å². The maximum atomic E-state index is 12.6. The molecule has 2 aliphatic heterocycles. The number of carbonyl (C=O) groups is 2. The number of nitrogens with one attached hydrogen (secondary N) is 1. The standard InChI is InChI=1S/C18H18N2O5/c21-16(15-2-1-9-23-15)19-14-5-3-13(4-6-14)17(22)20-8-7-18(12-20)24-10-11-25-18/h1-6,9H,7-8,10-12H2,(H,19,21). The molecule has 2 saturated heterocycles. The quantitative estimate of drug-likeness (QED) is 0.924. The predicted molar refractivity (Wildman–Crippen MR) is 88.3 cm³/mol. The molecule has 25 heavy (non-hydrogen) atoms. The summed E-state index contributed by atoms with van der Waals surface area (Å²) in [7, 11) is 0. The van der Waals surface area contributed by atoms with E-state index in [-0.39, 0.29) is 17.6 Å². The van der Waals surface area contributed by atoms with Crippen LogP contribution in [0.1, 0.15) is 27.3 Å². The van der Waals surface area contributed by atoms with Crippen LogP contribution in [0.15, 0.2) is 47.1 Å². The van der Waals surface area contributed by atoms with E-state index in [1.165, 1.54) is 6.26 Å². The predicted octanol–water partition coefficient (Wildman–Crippen LogP) is 2.12. The van der Waals surface area contributed by atoms with Gasteiger partial charge in [-0.3, -0.25) is 9.59 Å². The van der Waals surface area contributed by atoms with Crippen molar-refractivity contribution in [3.63, 3.8) is 0 Å². The lowest BCUT2D eigenvalue weighted by molar-refractivity contribution is -0.143. The Labute approximate surface area is 144 Å². The number of rotatable bonds is 3. The van der Waals surface area contributed by atoms with Gasteiger partial charge in [0.1, 0.15) is 0 Å². The number of ether oxygens (including phenoxy) is 2. The van der Waals surface area contributed by atoms with E-state index in [4.69, 9.17) is 13.9 Å². The van der Waals surface area contributed by atoms with Crippen LogP contribution < -0.4 is 5.32 Å². The number of hydrogen-bond acceptors (Lipinski definition) is 5. The molecule has 130 valence electrons. The molecule has 1 spiro atoms. The first-order valence-corrected chi connectivity index (χ1v) is 8.17. The van der Waals surface area contributed by atoms with Crippen molar-refractivity contribution >= 4 is 17.5 Å². The van der Waals surface area contributed by atoms with Gasteiger partial charge in [0.2, 0.25) is 0 Å². The minimum atomic E-state index is -0.618. The maximum Gasteiger partial charge on any atom is 0.291 e. The zero-order valence-electron chi connectivity index (χ0n) is 13.6. The van der Waals surface area contributed by atoms with Gasteiger partial charge in [-0.2, -0.15) is 0 Å². The fraction of sp³-hybridized carbons (Fsp3) is 0.333. The average molecular weight is 342 g/mol. The van der Waals surface area contributed by atoms with Gasteiger partial charge in [0.15, 0.2) is 11.5 Å². The molecule has 0 bridgehead atoms. The van der Waals surface area contributed by atoms with Gasteiger partial charge in [-0.15, -0.1) is 0 Å². The minimum Gasteiger partial charge on any atom is -0.459 e. The highest BCUT2D eigenvalue weighted by molar-refractivity contribution is 6.02. The third kappa shape index (κ3) is 3.16. The number of nitrogens with zero attached hydrogens (tertiary/aromatic N) is 1. The molecule has 2 aliphatic rings. The molecule has 0 aliphatic carbocycles. The van der Waals surface area contributed by atoms with Crippen LogP contribution in [-0.2, 0) is 9.47 Å². The van der Waals surface area contributed by atoms with E-state index >= 15 is 0 Å². The number of anilines is 1. The van der Waals surface area contributed by atoms with Crippen molar-refractivity contribution in [1.29, 1.82) is 0 Å². The van der Waals surface area contributed by atoms with Crippen LogP contribution in [0.2, 0.25) is 0 Å². The number of hydrogen-bond donors (Lipinski definition) is 1. The summed E-state index contributed by atoms with van der Waals surface area (Å²) in [5.74, 6) is -0.785. The van der Waals surface area contributed by atoms with Crippen LogP contribution in [0.5, 0.6) is 0 Å². The van der Waals surface area contributed by atoms with Crippen LogP contribution in [0.4, 0.5) is 5.69 Å². The molecule has 3 heterocycles. The lowest BCUT2D eigenvalue weighted by Gasteiger charge is -2.22. The molecule has 7 heteroatoms. The zero-order chi connectivity index (χ0) is 17.3. The molecule has 2 fully saturated rings.